The molecule has 0 unspecified atom stereocenters. The molecule has 1 fully saturated rings. The highest BCUT2D eigenvalue weighted by atomic mass is 35.5. The maximum absolute atomic E-state index is 12.6. The minimum Gasteiger partial charge on any atom is -0.385 e. The number of hydrogen-bond acceptors (Lipinski definition) is 5. The lowest BCUT2D eigenvalue weighted by Gasteiger charge is -2.36. The number of nitrogens with one attached hydrogen (secondary N) is 2. The standard InChI is InChI=1S/C19H22ClN5O2/c1-12(19(27)24-15-3-2-14(11-21)16(20)10-15)25-8-4-13(5-9-25)17(26)18-22-6-7-23-18/h2-3,6-7,10,12-13,17,26H,4-5,8-9H2,1H3,(H,22,23)(H,24,27)/t12-,17+/m1/s1. The first-order chi connectivity index (χ1) is 13.0. The van der Waals surface area contributed by atoms with Gasteiger partial charge in [0.25, 0.3) is 0 Å². The monoisotopic (exact) mass is 387 g/mol. The average Bonchev–Trinajstić information content (AvgIpc) is 3.22. The van der Waals surface area contributed by atoms with Crippen LogP contribution in [0.25, 0.3) is 0 Å². The number of aliphatic hydroxyl groups is 1. The number of aromatic nitrogens is 2. The van der Waals surface area contributed by atoms with Crippen molar-refractivity contribution in [2.24, 2.45) is 5.92 Å². The number of imidazole rings is 1. The van der Waals surface area contributed by atoms with E-state index >= 15 is 0 Å². The van der Waals surface area contributed by atoms with E-state index in [1.807, 2.05) is 13.0 Å². The van der Waals surface area contributed by atoms with Crippen molar-refractivity contribution in [3.63, 3.8) is 0 Å². The molecule has 1 aromatic carbocycles. The Hall–Kier alpha value is -2.40. The summed E-state index contributed by atoms with van der Waals surface area (Å²) in [5.74, 6) is 0.595. The normalized spacial score (nSPS) is 17.9. The molecule has 7 nitrogen and oxygen atoms in total. The van der Waals surface area contributed by atoms with E-state index < -0.39 is 6.10 Å². The SMILES string of the molecule is C[C@H](C(=O)Nc1ccc(C#N)c(Cl)c1)N1CCC([C@H](O)c2ncc[nH]2)CC1. The number of anilines is 1. The van der Waals surface area contributed by atoms with Crippen LogP contribution in [0, 0.1) is 17.2 Å². The van der Waals surface area contributed by atoms with Crippen LogP contribution in [0.4, 0.5) is 5.69 Å². The average molecular weight is 388 g/mol. The van der Waals surface area contributed by atoms with Crippen molar-refractivity contribution in [1.29, 1.82) is 5.26 Å². The Bertz CT molecular complexity index is 825. The molecule has 142 valence electrons. The third kappa shape index (κ3) is 4.48. The molecule has 3 N–H and O–H groups in total. The van der Waals surface area contributed by atoms with Crippen molar-refractivity contribution in [2.45, 2.75) is 31.9 Å². The number of benzene rings is 1. The number of likely N-dealkylation sites (tertiary alicyclic amines) is 1. The van der Waals surface area contributed by atoms with Gasteiger partial charge >= 0.3 is 0 Å². The number of carbonyl (C=O) groups is 1. The molecule has 1 aliphatic rings. The molecule has 0 bridgehead atoms. The van der Waals surface area contributed by atoms with Gasteiger partial charge in [0.05, 0.1) is 16.6 Å². The van der Waals surface area contributed by atoms with Gasteiger partial charge in [0, 0.05) is 18.1 Å². The summed E-state index contributed by atoms with van der Waals surface area (Å²) in [6, 6.07) is 6.52. The molecule has 0 radical (unpaired) electrons. The number of nitrogens with zero attached hydrogens (tertiary/aromatic N) is 3. The quantitative estimate of drug-likeness (QED) is 0.731. The van der Waals surface area contributed by atoms with Crippen LogP contribution in [0.1, 0.15) is 37.3 Å². The van der Waals surface area contributed by atoms with Crippen molar-refractivity contribution >= 4 is 23.2 Å². The van der Waals surface area contributed by atoms with Crippen LogP contribution in [0.3, 0.4) is 0 Å². The Morgan fingerprint density at radius 3 is 2.81 bits per heavy atom. The molecule has 1 saturated heterocycles. The van der Waals surface area contributed by atoms with Gasteiger partial charge in [-0.3, -0.25) is 9.69 Å². The first kappa shape index (κ1) is 19.4. The molecule has 8 heteroatoms. The third-order valence-electron chi connectivity index (χ3n) is 5.10. The number of halogens is 1. The highest BCUT2D eigenvalue weighted by molar-refractivity contribution is 6.32. The van der Waals surface area contributed by atoms with Crippen LogP contribution in [-0.4, -0.2) is 45.0 Å². The van der Waals surface area contributed by atoms with Gasteiger partial charge in [-0.15, -0.1) is 0 Å². The molecule has 2 atom stereocenters. The van der Waals surface area contributed by atoms with Gasteiger partial charge in [-0.25, -0.2) is 4.98 Å². The molecule has 3 rings (SSSR count). The Morgan fingerprint density at radius 1 is 1.48 bits per heavy atom. The van der Waals surface area contributed by atoms with Crippen LogP contribution in [0.5, 0.6) is 0 Å². The van der Waals surface area contributed by atoms with E-state index in [2.05, 4.69) is 20.2 Å². The summed E-state index contributed by atoms with van der Waals surface area (Å²) in [5, 5.41) is 22.5. The summed E-state index contributed by atoms with van der Waals surface area (Å²) in [4.78, 5) is 21.7. The lowest BCUT2D eigenvalue weighted by molar-refractivity contribution is -0.121. The highest BCUT2D eigenvalue weighted by Gasteiger charge is 2.31. The van der Waals surface area contributed by atoms with E-state index in [-0.39, 0.29) is 17.9 Å². The van der Waals surface area contributed by atoms with Crippen molar-refractivity contribution in [1.82, 2.24) is 14.9 Å². The largest absolute Gasteiger partial charge is 0.385 e. The number of hydrogen-bond donors (Lipinski definition) is 3. The molecule has 2 heterocycles. The summed E-state index contributed by atoms with van der Waals surface area (Å²) in [6.07, 6.45) is 4.32. The molecule has 1 amide bonds. The summed E-state index contributed by atoms with van der Waals surface area (Å²) >= 11 is 6.01. The smallest absolute Gasteiger partial charge is 0.241 e. The van der Waals surface area contributed by atoms with Crippen LogP contribution in [0.15, 0.2) is 30.6 Å². The van der Waals surface area contributed by atoms with Gasteiger partial charge in [0.2, 0.25) is 5.91 Å². The Labute approximate surface area is 163 Å². The molecule has 0 aliphatic carbocycles. The number of rotatable bonds is 5. The van der Waals surface area contributed by atoms with Gasteiger partial charge in [0.1, 0.15) is 18.0 Å². The third-order valence-corrected chi connectivity index (χ3v) is 5.42. The Balaban J connectivity index is 1.54. The van der Waals surface area contributed by atoms with Gasteiger partial charge in [-0.2, -0.15) is 5.26 Å². The number of carbonyl (C=O) groups excluding carboxylic acids is 1. The Morgan fingerprint density at radius 2 is 2.22 bits per heavy atom. The molecular formula is C19H22ClN5O2. The van der Waals surface area contributed by atoms with E-state index in [1.54, 1.807) is 30.6 Å². The molecule has 1 aromatic heterocycles. The van der Waals surface area contributed by atoms with E-state index in [0.717, 1.165) is 25.9 Å². The lowest BCUT2D eigenvalue weighted by Crippen LogP contribution is -2.46. The fourth-order valence-corrected chi connectivity index (χ4v) is 3.60. The first-order valence-corrected chi connectivity index (χ1v) is 9.29. The summed E-state index contributed by atoms with van der Waals surface area (Å²) in [6.45, 7) is 3.32. The molecular weight excluding hydrogens is 366 g/mol. The second kappa shape index (κ2) is 8.53. The lowest BCUT2D eigenvalue weighted by atomic mass is 9.90. The fourth-order valence-electron chi connectivity index (χ4n) is 3.38. The van der Waals surface area contributed by atoms with Gasteiger partial charge < -0.3 is 15.4 Å². The van der Waals surface area contributed by atoms with E-state index in [0.29, 0.717) is 22.1 Å². The number of H-pyrrole nitrogens is 1. The van der Waals surface area contributed by atoms with E-state index in [9.17, 15) is 9.90 Å². The number of aromatic amines is 1. The van der Waals surface area contributed by atoms with Crippen molar-refractivity contribution in [3.8, 4) is 6.07 Å². The number of amides is 1. The van der Waals surface area contributed by atoms with Gasteiger partial charge in [-0.05, 0) is 57.0 Å². The first-order valence-electron chi connectivity index (χ1n) is 8.91. The maximum Gasteiger partial charge on any atom is 0.241 e. The van der Waals surface area contributed by atoms with Gasteiger partial charge in [0.15, 0.2) is 0 Å². The second-order valence-corrected chi connectivity index (χ2v) is 7.17. The van der Waals surface area contributed by atoms with E-state index in [4.69, 9.17) is 16.9 Å². The van der Waals surface area contributed by atoms with Crippen molar-refractivity contribution in [2.75, 3.05) is 18.4 Å². The van der Waals surface area contributed by atoms with Crippen LogP contribution in [-0.2, 0) is 4.79 Å². The molecule has 1 aliphatic heterocycles. The van der Waals surface area contributed by atoms with Crippen molar-refractivity contribution < 1.29 is 9.90 Å². The topological polar surface area (TPSA) is 105 Å². The van der Waals surface area contributed by atoms with Crippen LogP contribution >= 0.6 is 11.6 Å². The number of piperidine rings is 1. The predicted molar refractivity (Wildman–Crippen MR) is 102 cm³/mol. The second-order valence-electron chi connectivity index (χ2n) is 6.76. The predicted octanol–water partition coefficient (Wildman–Crippen LogP) is 2.71. The summed E-state index contributed by atoms with van der Waals surface area (Å²) in [5.41, 5.74) is 0.943. The van der Waals surface area contributed by atoms with Crippen LogP contribution < -0.4 is 5.32 Å². The van der Waals surface area contributed by atoms with Gasteiger partial charge in [-0.1, -0.05) is 11.6 Å². The molecule has 27 heavy (non-hydrogen) atoms. The minimum atomic E-state index is -0.605. The zero-order valence-corrected chi connectivity index (χ0v) is 15.8. The summed E-state index contributed by atoms with van der Waals surface area (Å²) < 4.78 is 0. The zero-order chi connectivity index (χ0) is 19.4. The number of aliphatic hydroxyl groups excluding tert-OH is 1. The molecule has 2 aromatic rings. The Kier molecular flexibility index (Phi) is 6.11. The van der Waals surface area contributed by atoms with E-state index in [1.165, 1.54) is 0 Å². The van der Waals surface area contributed by atoms with Crippen molar-refractivity contribution in [3.05, 3.63) is 47.0 Å². The fraction of sp³-hybridized carbons (Fsp3) is 0.421. The maximum atomic E-state index is 12.6. The number of nitriles is 1. The highest BCUT2D eigenvalue weighted by Crippen LogP contribution is 2.30. The minimum absolute atomic E-state index is 0.124. The molecule has 0 saturated carbocycles. The van der Waals surface area contributed by atoms with Crippen LogP contribution in [0.2, 0.25) is 5.02 Å². The molecule has 0 spiro atoms. The summed E-state index contributed by atoms with van der Waals surface area (Å²) in [7, 11) is 0. The zero-order valence-electron chi connectivity index (χ0n) is 15.0.